The van der Waals surface area contributed by atoms with Crippen LogP contribution in [0.3, 0.4) is 0 Å². The van der Waals surface area contributed by atoms with Crippen molar-refractivity contribution in [2.24, 2.45) is 5.41 Å². The van der Waals surface area contributed by atoms with Crippen molar-refractivity contribution in [3.63, 3.8) is 0 Å². The molecule has 0 aromatic carbocycles. The highest BCUT2D eigenvalue weighted by molar-refractivity contribution is 5.75. The first kappa shape index (κ1) is 11.5. The molecule has 0 aromatic rings. The summed E-state index contributed by atoms with van der Waals surface area (Å²) in [5.74, 6) is 0.0847. The van der Waals surface area contributed by atoms with Gasteiger partial charge in [0.1, 0.15) is 0 Å². The molecule has 0 radical (unpaired) electrons. The number of carbonyl (C=O) groups excluding carboxylic acids is 1. The van der Waals surface area contributed by atoms with Crippen LogP contribution in [0.5, 0.6) is 0 Å². The zero-order valence-corrected chi connectivity index (χ0v) is 9.01. The van der Waals surface area contributed by atoms with E-state index in [1.54, 1.807) is 0 Å². The third kappa shape index (κ3) is 3.66. The molecule has 0 saturated heterocycles. The van der Waals surface area contributed by atoms with Crippen LogP contribution in [0.25, 0.3) is 0 Å². The standard InChI is InChI=1S/C11H21NO2/c1-2-5-11(6-7-11)9-12-10(14)4-3-8-13/h13H,2-9H2,1H3,(H,12,14). The molecule has 1 aliphatic carbocycles. The van der Waals surface area contributed by atoms with Gasteiger partial charge in [0.15, 0.2) is 0 Å². The summed E-state index contributed by atoms with van der Waals surface area (Å²) in [7, 11) is 0. The van der Waals surface area contributed by atoms with Gasteiger partial charge in [0, 0.05) is 19.6 Å². The van der Waals surface area contributed by atoms with Crippen molar-refractivity contribution >= 4 is 5.91 Å². The molecule has 0 aromatic heterocycles. The average molecular weight is 199 g/mol. The molecule has 0 bridgehead atoms. The summed E-state index contributed by atoms with van der Waals surface area (Å²) >= 11 is 0. The summed E-state index contributed by atoms with van der Waals surface area (Å²) in [5.41, 5.74) is 0.434. The van der Waals surface area contributed by atoms with Crippen molar-refractivity contribution in [3.05, 3.63) is 0 Å². The maximum absolute atomic E-state index is 11.3. The number of aliphatic hydroxyl groups excluding tert-OH is 1. The van der Waals surface area contributed by atoms with E-state index in [1.807, 2.05) is 0 Å². The molecule has 0 spiro atoms. The first-order valence-corrected chi connectivity index (χ1v) is 5.60. The number of carbonyl (C=O) groups is 1. The summed E-state index contributed by atoms with van der Waals surface area (Å²) in [4.78, 5) is 11.3. The molecule has 0 atom stereocenters. The lowest BCUT2D eigenvalue weighted by Crippen LogP contribution is -2.30. The van der Waals surface area contributed by atoms with Crippen molar-refractivity contribution in [3.8, 4) is 0 Å². The van der Waals surface area contributed by atoms with Gasteiger partial charge in [-0.05, 0) is 31.1 Å². The number of rotatable bonds is 7. The predicted molar refractivity (Wildman–Crippen MR) is 55.9 cm³/mol. The van der Waals surface area contributed by atoms with Crippen molar-refractivity contribution in [2.45, 2.75) is 45.4 Å². The van der Waals surface area contributed by atoms with Gasteiger partial charge in [0.05, 0.1) is 0 Å². The summed E-state index contributed by atoms with van der Waals surface area (Å²) < 4.78 is 0. The maximum Gasteiger partial charge on any atom is 0.220 e. The smallest absolute Gasteiger partial charge is 0.220 e. The molecule has 0 heterocycles. The molecule has 2 N–H and O–H groups in total. The number of amides is 1. The Bertz CT molecular complexity index is 188. The van der Waals surface area contributed by atoms with E-state index in [0.29, 0.717) is 18.3 Å². The second kappa shape index (κ2) is 5.35. The van der Waals surface area contributed by atoms with Gasteiger partial charge in [0.25, 0.3) is 0 Å². The van der Waals surface area contributed by atoms with Gasteiger partial charge in [-0.15, -0.1) is 0 Å². The quantitative estimate of drug-likeness (QED) is 0.652. The minimum Gasteiger partial charge on any atom is -0.396 e. The van der Waals surface area contributed by atoms with Gasteiger partial charge in [-0.2, -0.15) is 0 Å². The maximum atomic E-state index is 11.3. The molecule has 1 amide bonds. The Balaban J connectivity index is 2.10. The lowest BCUT2D eigenvalue weighted by atomic mass is 10.0. The van der Waals surface area contributed by atoms with E-state index >= 15 is 0 Å². The molecule has 3 heteroatoms. The molecule has 0 unspecified atom stereocenters. The molecule has 0 aliphatic heterocycles. The van der Waals surface area contributed by atoms with Crippen LogP contribution in [0.1, 0.15) is 45.4 Å². The van der Waals surface area contributed by atoms with E-state index in [4.69, 9.17) is 5.11 Å². The number of hydrogen-bond acceptors (Lipinski definition) is 2. The first-order valence-electron chi connectivity index (χ1n) is 5.60. The van der Waals surface area contributed by atoms with E-state index < -0.39 is 0 Å². The number of nitrogens with one attached hydrogen (secondary N) is 1. The Morgan fingerprint density at radius 2 is 2.21 bits per heavy atom. The summed E-state index contributed by atoms with van der Waals surface area (Å²) in [6, 6.07) is 0. The van der Waals surface area contributed by atoms with E-state index in [1.165, 1.54) is 25.7 Å². The second-order valence-electron chi connectivity index (χ2n) is 4.35. The summed E-state index contributed by atoms with van der Waals surface area (Å²) in [6.07, 6.45) is 5.99. The topological polar surface area (TPSA) is 49.3 Å². The van der Waals surface area contributed by atoms with Crippen LogP contribution in [0.2, 0.25) is 0 Å². The van der Waals surface area contributed by atoms with Crippen molar-refractivity contribution in [1.82, 2.24) is 5.32 Å². The second-order valence-corrected chi connectivity index (χ2v) is 4.35. The van der Waals surface area contributed by atoms with Crippen LogP contribution in [0.4, 0.5) is 0 Å². The van der Waals surface area contributed by atoms with Gasteiger partial charge < -0.3 is 10.4 Å². The minimum atomic E-state index is 0.0847. The average Bonchev–Trinajstić information content (AvgIpc) is 2.93. The van der Waals surface area contributed by atoms with Crippen molar-refractivity contribution < 1.29 is 9.90 Å². The predicted octanol–water partition coefficient (Wildman–Crippen LogP) is 1.46. The Morgan fingerprint density at radius 1 is 1.50 bits per heavy atom. The fraction of sp³-hybridized carbons (Fsp3) is 0.909. The van der Waals surface area contributed by atoms with E-state index in [9.17, 15) is 4.79 Å². The molecule has 82 valence electrons. The van der Waals surface area contributed by atoms with Gasteiger partial charge >= 0.3 is 0 Å². The van der Waals surface area contributed by atoms with E-state index in [-0.39, 0.29) is 12.5 Å². The van der Waals surface area contributed by atoms with E-state index in [0.717, 1.165) is 6.54 Å². The highest BCUT2D eigenvalue weighted by Crippen LogP contribution is 2.48. The molecular weight excluding hydrogens is 178 g/mol. The molecule has 3 nitrogen and oxygen atoms in total. The fourth-order valence-electron chi connectivity index (χ4n) is 1.84. The molecule has 1 fully saturated rings. The highest BCUT2D eigenvalue weighted by atomic mass is 16.3. The zero-order valence-electron chi connectivity index (χ0n) is 9.01. The zero-order chi connectivity index (χ0) is 10.4. The van der Waals surface area contributed by atoms with Crippen molar-refractivity contribution in [2.75, 3.05) is 13.2 Å². The SMILES string of the molecule is CCCC1(CNC(=O)CCCO)CC1. The third-order valence-electron chi connectivity index (χ3n) is 2.96. The molecule has 1 saturated carbocycles. The van der Waals surface area contributed by atoms with Gasteiger partial charge in [-0.1, -0.05) is 13.3 Å². The van der Waals surface area contributed by atoms with Crippen molar-refractivity contribution in [1.29, 1.82) is 0 Å². The first-order chi connectivity index (χ1) is 6.72. The Morgan fingerprint density at radius 3 is 2.71 bits per heavy atom. The lowest BCUT2D eigenvalue weighted by molar-refractivity contribution is -0.121. The normalized spacial score (nSPS) is 17.9. The Labute approximate surface area is 85.9 Å². The molecule has 1 aliphatic rings. The van der Waals surface area contributed by atoms with Crippen LogP contribution >= 0.6 is 0 Å². The Hall–Kier alpha value is -0.570. The lowest BCUT2D eigenvalue weighted by Gasteiger charge is -2.14. The van der Waals surface area contributed by atoms with Crippen LogP contribution in [-0.4, -0.2) is 24.2 Å². The minimum absolute atomic E-state index is 0.0847. The molecule has 1 rings (SSSR count). The summed E-state index contributed by atoms with van der Waals surface area (Å²) in [5, 5.41) is 11.5. The van der Waals surface area contributed by atoms with Crippen LogP contribution < -0.4 is 5.32 Å². The van der Waals surface area contributed by atoms with Gasteiger partial charge in [-0.3, -0.25) is 4.79 Å². The van der Waals surface area contributed by atoms with Crippen LogP contribution in [-0.2, 0) is 4.79 Å². The molecular formula is C11H21NO2. The number of aliphatic hydroxyl groups is 1. The van der Waals surface area contributed by atoms with Gasteiger partial charge in [-0.25, -0.2) is 0 Å². The third-order valence-corrected chi connectivity index (χ3v) is 2.96. The van der Waals surface area contributed by atoms with Crippen LogP contribution in [0.15, 0.2) is 0 Å². The number of hydrogen-bond donors (Lipinski definition) is 2. The molecule has 14 heavy (non-hydrogen) atoms. The fourth-order valence-corrected chi connectivity index (χ4v) is 1.84. The monoisotopic (exact) mass is 199 g/mol. The van der Waals surface area contributed by atoms with Crippen LogP contribution in [0, 0.1) is 5.41 Å². The van der Waals surface area contributed by atoms with Gasteiger partial charge in [0.2, 0.25) is 5.91 Å². The Kier molecular flexibility index (Phi) is 4.39. The largest absolute Gasteiger partial charge is 0.396 e. The van der Waals surface area contributed by atoms with E-state index in [2.05, 4.69) is 12.2 Å². The highest BCUT2D eigenvalue weighted by Gasteiger charge is 2.41. The summed E-state index contributed by atoms with van der Waals surface area (Å²) in [6.45, 7) is 3.13.